The van der Waals surface area contributed by atoms with Gasteiger partial charge in [0.1, 0.15) is 5.69 Å². The Morgan fingerprint density at radius 3 is 2.93 bits per heavy atom. The van der Waals surface area contributed by atoms with Crippen LogP contribution in [-0.2, 0) is 6.54 Å². The molecule has 0 amide bonds. The van der Waals surface area contributed by atoms with E-state index in [4.69, 9.17) is 10.3 Å². The molecule has 0 atom stereocenters. The van der Waals surface area contributed by atoms with Gasteiger partial charge in [-0.15, -0.1) is 0 Å². The van der Waals surface area contributed by atoms with E-state index in [1.165, 1.54) is 12.1 Å². The maximum absolute atomic E-state index is 10.7. The van der Waals surface area contributed by atoms with Crippen molar-refractivity contribution in [2.75, 3.05) is 0 Å². The van der Waals surface area contributed by atoms with Gasteiger partial charge in [0.25, 0.3) is 11.4 Å². The normalized spacial score (nSPS) is 10.4. The second kappa shape index (κ2) is 3.38. The monoisotopic (exact) mass is 193 g/mol. The van der Waals surface area contributed by atoms with E-state index in [1.54, 1.807) is 0 Å². The molecule has 0 saturated heterocycles. The molecule has 0 unspecified atom stereocenters. The van der Waals surface area contributed by atoms with Crippen molar-refractivity contribution in [3.8, 4) is 11.6 Å². The summed E-state index contributed by atoms with van der Waals surface area (Å²) in [6.07, 6.45) is 0. The molecule has 72 valence electrons. The van der Waals surface area contributed by atoms with Crippen LogP contribution in [0.15, 0.2) is 21.5 Å². The summed E-state index contributed by atoms with van der Waals surface area (Å²) >= 11 is 0. The minimum Gasteiger partial charge on any atom is -0.332 e. The molecule has 0 spiro atoms. The molecule has 0 aliphatic rings. The van der Waals surface area contributed by atoms with Crippen molar-refractivity contribution in [1.29, 1.82) is 0 Å². The Hall–Kier alpha value is -2.02. The molecule has 0 aromatic carbocycles. The predicted octanol–water partition coefficient (Wildman–Crippen LogP) is -0.721. The van der Waals surface area contributed by atoms with E-state index in [2.05, 4.69) is 20.3 Å². The van der Waals surface area contributed by atoms with E-state index >= 15 is 0 Å². The van der Waals surface area contributed by atoms with E-state index in [9.17, 15) is 4.79 Å². The zero-order chi connectivity index (χ0) is 9.97. The molecule has 2 aromatic heterocycles. The molecule has 2 heterocycles. The largest absolute Gasteiger partial charge is 0.332 e. The summed E-state index contributed by atoms with van der Waals surface area (Å²) in [7, 11) is 0. The minimum atomic E-state index is -0.285. The lowest BCUT2D eigenvalue weighted by atomic mass is 10.4. The van der Waals surface area contributed by atoms with Crippen LogP contribution in [0.1, 0.15) is 5.82 Å². The van der Waals surface area contributed by atoms with Gasteiger partial charge in [-0.3, -0.25) is 4.79 Å². The molecule has 0 fully saturated rings. The summed E-state index contributed by atoms with van der Waals surface area (Å²) < 4.78 is 4.86. The first-order valence-electron chi connectivity index (χ1n) is 3.88. The Morgan fingerprint density at radius 2 is 2.36 bits per heavy atom. The molecule has 3 N–H and O–H groups in total. The Balaban J connectivity index is 2.39. The third-order valence-electron chi connectivity index (χ3n) is 1.55. The third kappa shape index (κ3) is 1.52. The number of rotatable bonds is 2. The van der Waals surface area contributed by atoms with Gasteiger partial charge in [-0.1, -0.05) is 5.16 Å². The summed E-state index contributed by atoms with van der Waals surface area (Å²) in [6, 6.07) is 2.82. The van der Waals surface area contributed by atoms with E-state index in [0.717, 1.165) is 0 Å². The van der Waals surface area contributed by atoms with Crippen molar-refractivity contribution in [2.45, 2.75) is 6.54 Å². The second-order valence-corrected chi connectivity index (χ2v) is 2.53. The van der Waals surface area contributed by atoms with Gasteiger partial charge in [0.2, 0.25) is 0 Å². The highest BCUT2D eigenvalue weighted by Crippen LogP contribution is 2.10. The fourth-order valence-electron chi connectivity index (χ4n) is 0.905. The van der Waals surface area contributed by atoms with Crippen LogP contribution < -0.4 is 11.3 Å². The molecule has 14 heavy (non-hydrogen) atoms. The van der Waals surface area contributed by atoms with Crippen LogP contribution in [0.4, 0.5) is 0 Å². The van der Waals surface area contributed by atoms with Crippen molar-refractivity contribution in [3.63, 3.8) is 0 Å². The van der Waals surface area contributed by atoms with E-state index in [-0.39, 0.29) is 18.0 Å². The van der Waals surface area contributed by atoms with Gasteiger partial charge in [-0.05, 0) is 6.07 Å². The zero-order valence-electron chi connectivity index (χ0n) is 7.10. The number of nitrogens with two attached hydrogens (primary N) is 1. The molecule has 0 aliphatic carbocycles. The van der Waals surface area contributed by atoms with Crippen molar-refractivity contribution < 1.29 is 4.52 Å². The number of hydrogen-bond acceptors (Lipinski definition) is 6. The second-order valence-electron chi connectivity index (χ2n) is 2.53. The molecule has 0 bridgehead atoms. The zero-order valence-corrected chi connectivity index (χ0v) is 7.10. The van der Waals surface area contributed by atoms with Crippen molar-refractivity contribution >= 4 is 0 Å². The molecule has 0 saturated carbocycles. The fraction of sp³-hybridized carbons (Fsp3) is 0.143. The highest BCUT2D eigenvalue weighted by Gasteiger charge is 2.08. The standard InChI is InChI=1S/C7H7N5O2/c8-3-5-9-7(14-12-5)4-1-2-6(13)11-10-4/h1-2H,3,8H2,(H,11,13). The SMILES string of the molecule is NCc1noc(-c2ccc(=O)[nH]n2)n1. The van der Waals surface area contributed by atoms with Crippen LogP contribution in [0.3, 0.4) is 0 Å². The summed E-state index contributed by atoms with van der Waals surface area (Å²) in [5.74, 6) is 0.634. The third-order valence-corrected chi connectivity index (χ3v) is 1.55. The maximum atomic E-state index is 10.7. The molecule has 7 nitrogen and oxygen atoms in total. The summed E-state index contributed by atoms with van der Waals surface area (Å²) in [6.45, 7) is 0.201. The maximum Gasteiger partial charge on any atom is 0.278 e. The van der Waals surface area contributed by atoms with Crippen LogP contribution in [0.2, 0.25) is 0 Å². The molecule has 2 aromatic rings. The van der Waals surface area contributed by atoms with Gasteiger partial charge in [0.15, 0.2) is 5.82 Å². The topological polar surface area (TPSA) is 111 Å². The Labute approximate surface area is 77.9 Å². The first-order valence-corrected chi connectivity index (χ1v) is 3.88. The highest BCUT2D eigenvalue weighted by atomic mass is 16.5. The van der Waals surface area contributed by atoms with Gasteiger partial charge in [0.05, 0.1) is 6.54 Å². The highest BCUT2D eigenvalue weighted by molar-refractivity contribution is 5.44. The van der Waals surface area contributed by atoms with Gasteiger partial charge >= 0.3 is 0 Å². The van der Waals surface area contributed by atoms with Crippen molar-refractivity contribution in [2.24, 2.45) is 5.73 Å². The lowest BCUT2D eigenvalue weighted by Gasteiger charge is -1.88. The summed E-state index contributed by atoms with van der Waals surface area (Å²) in [5.41, 5.74) is 5.43. The average molecular weight is 193 g/mol. The van der Waals surface area contributed by atoms with E-state index in [0.29, 0.717) is 11.5 Å². The number of aromatic nitrogens is 4. The Morgan fingerprint density at radius 1 is 1.50 bits per heavy atom. The number of nitrogens with zero attached hydrogens (tertiary/aromatic N) is 3. The lowest BCUT2D eigenvalue weighted by molar-refractivity contribution is 0.421. The van der Waals surface area contributed by atoms with Crippen LogP contribution in [0, 0.1) is 0 Å². The number of aromatic amines is 1. The first kappa shape index (κ1) is 8.57. The number of hydrogen-bond donors (Lipinski definition) is 2. The number of H-pyrrole nitrogens is 1. The number of nitrogens with one attached hydrogen (secondary N) is 1. The van der Waals surface area contributed by atoms with Crippen LogP contribution >= 0.6 is 0 Å². The summed E-state index contributed by atoms with van der Waals surface area (Å²) in [5, 5.41) is 9.57. The first-order chi connectivity index (χ1) is 6.79. The van der Waals surface area contributed by atoms with Crippen LogP contribution in [0.25, 0.3) is 11.6 Å². The summed E-state index contributed by atoms with van der Waals surface area (Å²) in [4.78, 5) is 14.7. The quantitative estimate of drug-likeness (QED) is 0.651. The molecular formula is C7H7N5O2. The predicted molar refractivity (Wildman–Crippen MR) is 46.0 cm³/mol. The molecule has 7 heteroatoms. The lowest BCUT2D eigenvalue weighted by Crippen LogP contribution is -2.05. The van der Waals surface area contributed by atoms with Gasteiger partial charge in [0, 0.05) is 6.07 Å². The van der Waals surface area contributed by atoms with E-state index in [1.807, 2.05) is 0 Å². The average Bonchev–Trinajstić information content (AvgIpc) is 2.67. The Bertz CT molecular complexity index is 468. The van der Waals surface area contributed by atoms with Crippen LogP contribution in [-0.4, -0.2) is 20.3 Å². The smallest absolute Gasteiger partial charge is 0.278 e. The molecule has 2 rings (SSSR count). The molecular weight excluding hydrogens is 186 g/mol. The minimum absolute atomic E-state index is 0.201. The van der Waals surface area contributed by atoms with E-state index < -0.39 is 0 Å². The fourth-order valence-corrected chi connectivity index (χ4v) is 0.905. The van der Waals surface area contributed by atoms with Crippen molar-refractivity contribution in [3.05, 3.63) is 28.3 Å². The van der Waals surface area contributed by atoms with Gasteiger partial charge in [-0.25, -0.2) is 5.10 Å². The van der Waals surface area contributed by atoms with Gasteiger partial charge in [-0.2, -0.15) is 10.1 Å². The van der Waals surface area contributed by atoms with Gasteiger partial charge < -0.3 is 10.3 Å². The van der Waals surface area contributed by atoms with Crippen LogP contribution in [0.5, 0.6) is 0 Å². The Kier molecular flexibility index (Phi) is 2.07. The molecule has 0 radical (unpaired) electrons. The van der Waals surface area contributed by atoms with Crippen molar-refractivity contribution in [1.82, 2.24) is 20.3 Å². The molecule has 0 aliphatic heterocycles.